The van der Waals surface area contributed by atoms with Crippen LogP contribution in [0.2, 0.25) is 0 Å². The van der Waals surface area contributed by atoms with Crippen LogP contribution in [0.25, 0.3) is 11.0 Å². The summed E-state index contributed by atoms with van der Waals surface area (Å²) in [5.41, 5.74) is 4.38. The molecular formula is C21H31IN6O. The number of hydrogen-bond donors (Lipinski definition) is 2. The smallest absolute Gasteiger partial charge is 0.191 e. The lowest BCUT2D eigenvalue weighted by Gasteiger charge is -2.11. The summed E-state index contributed by atoms with van der Waals surface area (Å²) in [6.07, 6.45) is 1.83. The summed E-state index contributed by atoms with van der Waals surface area (Å²) in [7, 11) is 0. The monoisotopic (exact) mass is 510 g/mol. The van der Waals surface area contributed by atoms with E-state index in [9.17, 15) is 0 Å². The van der Waals surface area contributed by atoms with E-state index >= 15 is 0 Å². The first-order chi connectivity index (χ1) is 13.6. The van der Waals surface area contributed by atoms with Crippen molar-refractivity contribution in [3.63, 3.8) is 0 Å². The van der Waals surface area contributed by atoms with Crippen molar-refractivity contribution in [3.05, 3.63) is 47.1 Å². The molecule has 0 saturated heterocycles. The van der Waals surface area contributed by atoms with E-state index in [2.05, 4.69) is 57.4 Å². The number of rotatable bonds is 8. The summed E-state index contributed by atoms with van der Waals surface area (Å²) in [6.45, 7) is 11.4. The predicted octanol–water partition coefficient (Wildman–Crippen LogP) is 3.76. The highest BCUT2D eigenvalue weighted by molar-refractivity contribution is 14.0. The standard InChI is InChI=1S/C21H30N6O.HI/c1-5-22-21(24-13-11-18-15(2)26-28-16(18)3)23-12-8-14-27-17(4)25-19-9-6-7-10-20(19)27;/h6-7,9-10H,5,8,11-14H2,1-4H3,(H2,22,23,24);1H. The molecule has 7 nitrogen and oxygen atoms in total. The summed E-state index contributed by atoms with van der Waals surface area (Å²) in [5.74, 6) is 2.79. The van der Waals surface area contributed by atoms with Crippen LogP contribution in [-0.2, 0) is 13.0 Å². The van der Waals surface area contributed by atoms with Crippen LogP contribution in [0.15, 0.2) is 33.8 Å². The fraction of sp³-hybridized carbons (Fsp3) is 0.476. The maximum atomic E-state index is 5.22. The Kier molecular flexibility index (Phi) is 8.94. The van der Waals surface area contributed by atoms with E-state index in [0.717, 1.165) is 67.8 Å². The first-order valence-electron chi connectivity index (χ1n) is 9.96. The zero-order chi connectivity index (χ0) is 19.9. The average molecular weight is 510 g/mol. The average Bonchev–Trinajstić information content (AvgIpc) is 3.18. The summed E-state index contributed by atoms with van der Waals surface area (Å²) < 4.78 is 7.49. The highest BCUT2D eigenvalue weighted by atomic mass is 127. The molecule has 2 N–H and O–H groups in total. The molecule has 3 aromatic rings. The van der Waals surface area contributed by atoms with Gasteiger partial charge in [-0.1, -0.05) is 17.3 Å². The maximum Gasteiger partial charge on any atom is 0.191 e. The van der Waals surface area contributed by atoms with Crippen LogP contribution in [0.5, 0.6) is 0 Å². The van der Waals surface area contributed by atoms with Crippen LogP contribution in [0.4, 0.5) is 0 Å². The van der Waals surface area contributed by atoms with Gasteiger partial charge >= 0.3 is 0 Å². The van der Waals surface area contributed by atoms with Gasteiger partial charge in [-0.15, -0.1) is 24.0 Å². The molecule has 158 valence electrons. The number of aromatic nitrogens is 3. The fourth-order valence-corrected chi connectivity index (χ4v) is 3.40. The number of nitrogens with zero attached hydrogens (tertiary/aromatic N) is 4. The van der Waals surface area contributed by atoms with Crippen molar-refractivity contribution >= 4 is 41.0 Å². The van der Waals surface area contributed by atoms with Crippen LogP contribution >= 0.6 is 24.0 Å². The van der Waals surface area contributed by atoms with Gasteiger partial charge in [0.15, 0.2) is 5.96 Å². The molecule has 0 unspecified atom stereocenters. The number of benzene rings is 1. The van der Waals surface area contributed by atoms with Crippen LogP contribution in [-0.4, -0.2) is 40.3 Å². The predicted molar refractivity (Wildman–Crippen MR) is 128 cm³/mol. The van der Waals surface area contributed by atoms with Gasteiger partial charge in [0, 0.05) is 31.7 Å². The molecule has 0 fully saturated rings. The number of imidazole rings is 1. The van der Waals surface area contributed by atoms with E-state index in [-0.39, 0.29) is 24.0 Å². The minimum absolute atomic E-state index is 0. The number of hydrogen-bond acceptors (Lipinski definition) is 4. The highest BCUT2D eigenvalue weighted by Gasteiger charge is 2.09. The Morgan fingerprint density at radius 1 is 1.17 bits per heavy atom. The Morgan fingerprint density at radius 3 is 2.69 bits per heavy atom. The maximum absolute atomic E-state index is 5.22. The van der Waals surface area contributed by atoms with Crippen molar-refractivity contribution in [2.75, 3.05) is 19.6 Å². The third kappa shape index (κ3) is 5.94. The zero-order valence-electron chi connectivity index (χ0n) is 17.7. The number of aliphatic imine (C=N–C) groups is 1. The number of guanidine groups is 1. The molecule has 2 heterocycles. The van der Waals surface area contributed by atoms with Gasteiger partial charge in [0.1, 0.15) is 11.6 Å². The van der Waals surface area contributed by atoms with E-state index in [1.807, 2.05) is 19.9 Å². The lowest BCUT2D eigenvalue weighted by molar-refractivity contribution is 0.392. The van der Waals surface area contributed by atoms with Crippen LogP contribution in [0, 0.1) is 20.8 Å². The molecule has 0 saturated carbocycles. The first-order valence-corrected chi connectivity index (χ1v) is 9.96. The fourth-order valence-electron chi connectivity index (χ4n) is 3.40. The zero-order valence-corrected chi connectivity index (χ0v) is 20.0. The van der Waals surface area contributed by atoms with E-state index in [1.165, 1.54) is 11.1 Å². The van der Waals surface area contributed by atoms with E-state index in [1.54, 1.807) is 0 Å². The lowest BCUT2D eigenvalue weighted by Crippen LogP contribution is -2.38. The molecule has 0 amide bonds. The molecule has 3 rings (SSSR count). The minimum atomic E-state index is 0. The Hall–Kier alpha value is -2.10. The normalized spacial score (nSPS) is 11.5. The Balaban J connectivity index is 0.00000300. The van der Waals surface area contributed by atoms with Gasteiger partial charge in [-0.2, -0.15) is 0 Å². The van der Waals surface area contributed by atoms with Gasteiger partial charge in [-0.3, -0.25) is 4.99 Å². The Morgan fingerprint density at radius 2 is 1.97 bits per heavy atom. The number of aryl methyl sites for hydroxylation is 4. The molecule has 29 heavy (non-hydrogen) atoms. The van der Waals surface area contributed by atoms with Gasteiger partial charge in [0.25, 0.3) is 0 Å². The van der Waals surface area contributed by atoms with E-state index < -0.39 is 0 Å². The molecule has 0 spiro atoms. The second kappa shape index (κ2) is 11.2. The van der Waals surface area contributed by atoms with Crippen LogP contribution in [0.1, 0.15) is 36.2 Å². The SMILES string of the molecule is CCNC(=NCCCn1c(C)nc2ccccc21)NCCc1c(C)noc1C.I. The second-order valence-electron chi connectivity index (χ2n) is 6.89. The van der Waals surface area contributed by atoms with Crippen molar-refractivity contribution < 1.29 is 4.52 Å². The number of halogens is 1. The first kappa shape index (κ1) is 23.2. The number of para-hydroxylation sites is 2. The number of fused-ring (bicyclic) bond motifs is 1. The van der Waals surface area contributed by atoms with Crippen molar-refractivity contribution in [3.8, 4) is 0 Å². The van der Waals surface area contributed by atoms with Gasteiger partial charge in [0.05, 0.1) is 16.7 Å². The molecule has 0 atom stereocenters. The topological polar surface area (TPSA) is 80.3 Å². The number of nitrogens with one attached hydrogen (secondary N) is 2. The Bertz CT molecular complexity index is 926. The third-order valence-corrected chi connectivity index (χ3v) is 4.85. The van der Waals surface area contributed by atoms with Gasteiger partial charge in [-0.05, 0) is 52.7 Å². The van der Waals surface area contributed by atoms with Crippen molar-refractivity contribution in [1.29, 1.82) is 0 Å². The molecule has 0 bridgehead atoms. The molecule has 0 radical (unpaired) electrons. The summed E-state index contributed by atoms with van der Waals surface area (Å²) in [5, 5.41) is 10.7. The molecule has 0 aliphatic rings. The van der Waals surface area contributed by atoms with Gasteiger partial charge in [0.2, 0.25) is 0 Å². The highest BCUT2D eigenvalue weighted by Crippen LogP contribution is 2.15. The van der Waals surface area contributed by atoms with Crippen LogP contribution < -0.4 is 10.6 Å². The van der Waals surface area contributed by atoms with Gasteiger partial charge < -0.3 is 19.7 Å². The molecule has 0 aliphatic heterocycles. The largest absolute Gasteiger partial charge is 0.361 e. The van der Waals surface area contributed by atoms with Crippen molar-refractivity contribution in [1.82, 2.24) is 25.3 Å². The lowest BCUT2D eigenvalue weighted by atomic mass is 10.1. The van der Waals surface area contributed by atoms with E-state index in [4.69, 9.17) is 9.52 Å². The minimum Gasteiger partial charge on any atom is -0.361 e. The summed E-state index contributed by atoms with van der Waals surface area (Å²) in [6, 6.07) is 8.27. The summed E-state index contributed by atoms with van der Waals surface area (Å²) in [4.78, 5) is 9.33. The van der Waals surface area contributed by atoms with E-state index in [0.29, 0.717) is 0 Å². The van der Waals surface area contributed by atoms with Crippen molar-refractivity contribution in [2.24, 2.45) is 4.99 Å². The molecule has 2 aromatic heterocycles. The Labute approximate surface area is 189 Å². The molecule has 1 aromatic carbocycles. The molecule has 0 aliphatic carbocycles. The second-order valence-corrected chi connectivity index (χ2v) is 6.89. The molecule has 8 heteroatoms. The van der Waals surface area contributed by atoms with Crippen LogP contribution in [0.3, 0.4) is 0 Å². The third-order valence-electron chi connectivity index (χ3n) is 4.85. The molecular weight excluding hydrogens is 479 g/mol. The van der Waals surface area contributed by atoms with Gasteiger partial charge in [-0.25, -0.2) is 4.98 Å². The quantitative estimate of drug-likeness (QED) is 0.209. The van der Waals surface area contributed by atoms with Crippen molar-refractivity contribution in [2.45, 2.75) is 47.1 Å². The summed E-state index contributed by atoms with van der Waals surface area (Å²) >= 11 is 0.